The van der Waals surface area contributed by atoms with E-state index in [9.17, 15) is 9.59 Å². The van der Waals surface area contributed by atoms with Crippen molar-refractivity contribution in [3.8, 4) is 0 Å². The van der Waals surface area contributed by atoms with Crippen molar-refractivity contribution in [3.63, 3.8) is 0 Å². The topological polar surface area (TPSA) is 40.6 Å². The number of likely N-dealkylation sites (tertiary alicyclic amines) is 1. The van der Waals surface area contributed by atoms with Crippen molar-refractivity contribution in [2.45, 2.75) is 51.4 Å². The van der Waals surface area contributed by atoms with E-state index in [-0.39, 0.29) is 17.7 Å². The lowest BCUT2D eigenvalue weighted by atomic mass is 9.49. The maximum Gasteiger partial charge on any atom is 0.263 e. The first-order chi connectivity index (χ1) is 13.5. The molecule has 1 atom stereocenters. The molecular weight excluding hydrogens is 368 g/mol. The Balaban J connectivity index is 1.23. The number of carbonyl (C=O) groups is 2. The number of amides is 2. The molecule has 1 unspecified atom stereocenters. The van der Waals surface area contributed by atoms with Gasteiger partial charge in [-0.1, -0.05) is 6.07 Å². The molecule has 5 fully saturated rings. The van der Waals surface area contributed by atoms with Gasteiger partial charge in [0.25, 0.3) is 5.91 Å². The number of carbonyl (C=O) groups excluding carboxylic acids is 2. The average Bonchev–Trinajstić information content (AvgIpc) is 3.20. The highest BCUT2D eigenvalue weighted by atomic mass is 32.1. The minimum Gasteiger partial charge on any atom is -0.345 e. The van der Waals surface area contributed by atoms with Crippen molar-refractivity contribution in [2.75, 3.05) is 26.7 Å². The van der Waals surface area contributed by atoms with Crippen LogP contribution in [0.25, 0.3) is 0 Å². The lowest BCUT2D eigenvalue weighted by Crippen LogP contribution is -2.53. The van der Waals surface area contributed by atoms with Crippen molar-refractivity contribution < 1.29 is 9.59 Å². The molecule has 2 heterocycles. The first kappa shape index (κ1) is 18.7. The average molecular weight is 401 g/mol. The predicted molar refractivity (Wildman–Crippen MR) is 111 cm³/mol. The molecular formula is C23H32N2O2S. The van der Waals surface area contributed by atoms with Crippen LogP contribution in [0.1, 0.15) is 61.0 Å². The second-order valence-electron chi connectivity index (χ2n) is 10.2. The third kappa shape index (κ3) is 3.40. The molecule has 0 N–H and O–H groups in total. The van der Waals surface area contributed by atoms with E-state index in [1.807, 2.05) is 34.4 Å². The third-order valence-corrected chi connectivity index (χ3v) is 8.76. The summed E-state index contributed by atoms with van der Waals surface area (Å²) >= 11 is 1.49. The van der Waals surface area contributed by atoms with E-state index in [1.165, 1.54) is 49.9 Å². The molecule has 4 bridgehead atoms. The Kier molecular flexibility index (Phi) is 4.77. The van der Waals surface area contributed by atoms with E-state index < -0.39 is 0 Å². The van der Waals surface area contributed by atoms with Crippen LogP contribution in [0.15, 0.2) is 17.5 Å². The van der Waals surface area contributed by atoms with Gasteiger partial charge >= 0.3 is 0 Å². The van der Waals surface area contributed by atoms with Gasteiger partial charge in [0, 0.05) is 26.7 Å². The Morgan fingerprint density at radius 3 is 2.46 bits per heavy atom. The van der Waals surface area contributed by atoms with Crippen LogP contribution < -0.4 is 0 Å². The van der Waals surface area contributed by atoms with Gasteiger partial charge < -0.3 is 9.80 Å². The van der Waals surface area contributed by atoms with Crippen LogP contribution in [0.3, 0.4) is 0 Å². The summed E-state index contributed by atoms with van der Waals surface area (Å²) in [6, 6.07) is 3.81. The van der Waals surface area contributed by atoms with Gasteiger partial charge in [-0.05, 0) is 86.0 Å². The highest BCUT2D eigenvalue weighted by Gasteiger charge is 2.51. The van der Waals surface area contributed by atoms with Gasteiger partial charge in [-0.2, -0.15) is 0 Å². The predicted octanol–water partition coefficient (Wildman–Crippen LogP) is 4.28. The smallest absolute Gasteiger partial charge is 0.263 e. The molecule has 4 saturated carbocycles. The minimum absolute atomic E-state index is 0.0309. The highest BCUT2D eigenvalue weighted by molar-refractivity contribution is 7.12. The normalized spacial score (nSPS) is 36.5. The van der Waals surface area contributed by atoms with Gasteiger partial charge in [0.1, 0.15) is 0 Å². The zero-order chi connectivity index (χ0) is 19.3. The van der Waals surface area contributed by atoms with Crippen LogP contribution in [0, 0.1) is 29.1 Å². The van der Waals surface area contributed by atoms with Crippen LogP contribution in [-0.2, 0) is 4.79 Å². The Bertz CT molecular complexity index is 709. The Morgan fingerprint density at radius 1 is 1.18 bits per heavy atom. The summed E-state index contributed by atoms with van der Waals surface area (Å²) in [5, 5.41) is 1.94. The SMILES string of the molecule is CN(CC12CC3CC(CC(C3)C1)C2)C(=O)C1CCCN(C(=O)c2cccs2)C1. The Morgan fingerprint density at radius 2 is 1.86 bits per heavy atom. The van der Waals surface area contributed by atoms with Crippen molar-refractivity contribution in [2.24, 2.45) is 29.1 Å². The van der Waals surface area contributed by atoms with Crippen LogP contribution >= 0.6 is 11.3 Å². The third-order valence-electron chi connectivity index (χ3n) is 7.90. The van der Waals surface area contributed by atoms with Crippen LogP contribution in [0.2, 0.25) is 0 Å². The number of thiophene rings is 1. The fourth-order valence-electron chi connectivity index (χ4n) is 7.30. The standard InChI is InChI=1S/C23H32N2O2S/c1-24(15-23-11-16-8-17(12-23)10-18(9-16)13-23)21(26)19-4-2-6-25(14-19)22(27)20-5-3-7-28-20/h3,5,7,16-19H,2,4,6,8-15H2,1H3. The van der Waals surface area contributed by atoms with E-state index >= 15 is 0 Å². The molecule has 0 aromatic carbocycles. The quantitative estimate of drug-likeness (QED) is 0.757. The minimum atomic E-state index is -0.0309. The monoisotopic (exact) mass is 400 g/mol. The van der Waals surface area contributed by atoms with Crippen LogP contribution in [0.4, 0.5) is 0 Å². The first-order valence-corrected chi connectivity index (χ1v) is 12.0. The molecule has 1 aromatic rings. The lowest BCUT2D eigenvalue weighted by Gasteiger charge is -2.57. The maximum absolute atomic E-state index is 13.3. The molecule has 1 aliphatic heterocycles. The molecule has 4 nitrogen and oxygen atoms in total. The molecule has 1 aromatic heterocycles. The first-order valence-electron chi connectivity index (χ1n) is 11.1. The lowest BCUT2D eigenvalue weighted by molar-refractivity contribution is -0.141. The van der Waals surface area contributed by atoms with Gasteiger partial charge in [0.05, 0.1) is 10.8 Å². The van der Waals surface area contributed by atoms with Gasteiger partial charge in [0.15, 0.2) is 0 Å². The van der Waals surface area contributed by atoms with E-state index in [2.05, 4.69) is 0 Å². The van der Waals surface area contributed by atoms with E-state index in [1.54, 1.807) is 0 Å². The number of hydrogen-bond donors (Lipinski definition) is 0. The summed E-state index contributed by atoms with van der Waals surface area (Å²) in [5.41, 5.74) is 0.389. The zero-order valence-electron chi connectivity index (χ0n) is 16.9. The van der Waals surface area contributed by atoms with Gasteiger partial charge in [-0.25, -0.2) is 0 Å². The number of piperidine rings is 1. The molecule has 0 radical (unpaired) electrons. The van der Waals surface area contributed by atoms with E-state index in [0.717, 1.165) is 48.6 Å². The molecule has 5 aliphatic rings. The number of nitrogens with zero attached hydrogens (tertiary/aromatic N) is 2. The van der Waals surface area contributed by atoms with E-state index in [0.29, 0.717) is 12.0 Å². The molecule has 2 amide bonds. The summed E-state index contributed by atoms with van der Waals surface area (Å²) < 4.78 is 0. The summed E-state index contributed by atoms with van der Waals surface area (Å²) in [7, 11) is 2.01. The van der Waals surface area contributed by atoms with Crippen molar-refractivity contribution in [1.82, 2.24) is 9.80 Å². The molecule has 0 spiro atoms. The van der Waals surface area contributed by atoms with Gasteiger partial charge in [-0.3, -0.25) is 9.59 Å². The zero-order valence-corrected chi connectivity index (χ0v) is 17.8. The van der Waals surface area contributed by atoms with Crippen molar-refractivity contribution >= 4 is 23.2 Å². The summed E-state index contributed by atoms with van der Waals surface area (Å²) in [4.78, 5) is 30.7. The second-order valence-corrected chi connectivity index (χ2v) is 11.1. The second kappa shape index (κ2) is 7.16. The van der Waals surface area contributed by atoms with Gasteiger partial charge in [0.2, 0.25) is 5.91 Å². The molecule has 1 saturated heterocycles. The van der Waals surface area contributed by atoms with Crippen molar-refractivity contribution in [1.29, 1.82) is 0 Å². The van der Waals surface area contributed by atoms with Crippen molar-refractivity contribution in [3.05, 3.63) is 22.4 Å². The van der Waals surface area contributed by atoms with Gasteiger partial charge in [-0.15, -0.1) is 11.3 Å². The fourth-order valence-corrected chi connectivity index (χ4v) is 7.99. The summed E-state index contributed by atoms with van der Waals surface area (Å²) in [6.45, 7) is 2.30. The molecule has 28 heavy (non-hydrogen) atoms. The molecule has 152 valence electrons. The Labute approximate surface area is 172 Å². The molecule has 4 aliphatic carbocycles. The summed E-state index contributed by atoms with van der Waals surface area (Å²) in [5.74, 6) is 3.09. The van der Waals surface area contributed by atoms with Crippen LogP contribution in [-0.4, -0.2) is 48.3 Å². The number of rotatable bonds is 4. The van der Waals surface area contributed by atoms with E-state index in [4.69, 9.17) is 0 Å². The fraction of sp³-hybridized carbons (Fsp3) is 0.739. The largest absolute Gasteiger partial charge is 0.345 e. The van der Waals surface area contributed by atoms with Crippen LogP contribution in [0.5, 0.6) is 0 Å². The summed E-state index contributed by atoms with van der Waals surface area (Å²) in [6.07, 6.45) is 10.2. The molecule has 6 rings (SSSR count). The highest BCUT2D eigenvalue weighted by Crippen LogP contribution is 2.60. The molecule has 5 heteroatoms. The Hall–Kier alpha value is -1.36. The maximum atomic E-state index is 13.3. The number of hydrogen-bond acceptors (Lipinski definition) is 3.